The summed E-state index contributed by atoms with van der Waals surface area (Å²) in [6.45, 7) is 6.90. The molecule has 102 valence electrons. The van der Waals surface area contributed by atoms with Gasteiger partial charge in [0, 0.05) is 17.1 Å². The number of benzene rings is 1. The van der Waals surface area contributed by atoms with Crippen LogP contribution in [-0.4, -0.2) is 18.1 Å². The van der Waals surface area contributed by atoms with Gasteiger partial charge in [-0.25, -0.2) is 0 Å². The summed E-state index contributed by atoms with van der Waals surface area (Å²) >= 11 is 0. The summed E-state index contributed by atoms with van der Waals surface area (Å²) in [5.41, 5.74) is 4.23. The van der Waals surface area contributed by atoms with Crippen LogP contribution >= 0.6 is 0 Å². The van der Waals surface area contributed by atoms with Crippen LogP contribution in [-0.2, 0) is 6.42 Å². The van der Waals surface area contributed by atoms with E-state index in [2.05, 4.69) is 48.5 Å². The molecule has 1 aromatic heterocycles. The number of nitrogens with one attached hydrogen (secondary N) is 2. The van der Waals surface area contributed by atoms with Crippen molar-refractivity contribution in [3.63, 3.8) is 0 Å². The van der Waals surface area contributed by atoms with E-state index in [4.69, 9.17) is 0 Å². The lowest BCUT2D eigenvalue weighted by Crippen LogP contribution is -2.28. The summed E-state index contributed by atoms with van der Waals surface area (Å²) < 4.78 is 0. The van der Waals surface area contributed by atoms with Crippen molar-refractivity contribution in [2.24, 2.45) is 5.92 Å². The number of aromatic nitrogens is 1. The topological polar surface area (TPSA) is 27.8 Å². The number of fused-ring (bicyclic) bond motifs is 1. The predicted molar refractivity (Wildman–Crippen MR) is 81.7 cm³/mol. The molecule has 2 nitrogen and oxygen atoms in total. The third-order valence-corrected chi connectivity index (χ3v) is 4.43. The Balaban J connectivity index is 1.87. The molecule has 0 aliphatic carbocycles. The summed E-state index contributed by atoms with van der Waals surface area (Å²) in [6.07, 6.45) is 6.08. The number of hydrogen-bond donors (Lipinski definition) is 2. The molecule has 1 fully saturated rings. The third kappa shape index (κ3) is 2.69. The van der Waals surface area contributed by atoms with Crippen molar-refractivity contribution in [1.82, 2.24) is 10.3 Å². The molecular formula is C17H24N2. The highest BCUT2D eigenvalue weighted by Gasteiger charge is 2.15. The van der Waals surface area contributed by atoms with Crippen molar-refractivity contribution in [2.75, 3.05) is 13.1 Å². The van der Waals surface area contributed by atoms with Crippen LogP contribution in [0.1, 0.15) is 43.7 Å². The molecule has 1 saturated heterocycles. The van der Waals surface area contributed by atoms with E-state index in [0.717, 1.165) is 5.92 Å². The van der Waals surface area contributed by atoms with Crippen molar-refractivity contribution in [3.05, 3.63) is 35.5 Å². The Labute approximate surface area is 115 Å². The second-order valence-electron chi connectivity index (χ2n) is 6.17. The van der Waals surface area contributed by atoms with E-state index in [1.54, 1.807) is 0 Å². The smallest absolute Gasteiger partial charge is 0.0456 e. The van der Waals surface area contributed by atoms with Crippen LogP contribution in [0.3, 0.4) is 0 Å². The zero-order chi connectivity index (χ0) is 13.2. The molecule has 0 spiro atoms. The Bertz CT molecular complexity index is 547. The molecule has 0 amide bonds. The van der Waals surface area contributed by atoms with E-state index in [9.17, 15) is 0 Å². The summed E-state index contributed by atoms with van der Waals surface area (Å²) in [7, 11) is 0. The van der Waals surface area contributed by atoms with Crippen molar-refractivity contribution < 1.29 is 0 Å². The molecule has 2 N–H and O–H groups in total. The highest BCUT2D eigenvalue weighted by molar-refractivity contribution is 5.84. The molecule has 3 rings (SSSR count). The van der Waals surface area contributed by atoms with Gasteiger partial charge in [0.15, 0.2) is 0 Å². The standard InChI is InChI=1S/C17H24N2/c1-12(2)14-3-4-17-16(10-14)15(11-19-17)9-13-5-7-18-8-6-13/h3-4,10-13,18-19H,5-9H2,1-2H3. The van der Waals surface area contributed by atoms with Gasteiger partial charge in [-0.2, -0.15) is 0 Å². The highest BCUT2D eigenvalue weighted by Crippen LogP contribution is 2.27. The maximum atomic E-state index is 3.45. The molecule has 1 aromatic carbocycles. The van der Waals surface area contributed by atoms with E-state index in [0.29, 0.717) is 5.92 Å². The van der Waals surface area contributed by atoms with Crippen molar-refractivity contribution in [2.45, 2.75) is 39.0 Å². The fraction of sp³-hybridized carbons (Fsp3) is 0.529. The highest BCUT2D eigenvalue weighted by atomic mass is 14.9. The normalized spacial score (nSPS) is 17.4. The molecule has 0 atom stereocenters. The van der Waals surface area contributed by atoms with E-state index in [-0.39, 0.29) is 0 Å². The lowest BCUT2D eigenvalue weighted by molar-refractivity contribution is 0.373. The molecule has 0 radical (unpaired) electrons. The van der Waals surface area contributed by atoms with Gasteiger partial charge in [0.2, 0.25) is 0 Å². The Morgan fingerprint density at radius 3 is 2.74 bits per heavy atom. The maximum absolute atomic E-state index is 3.45. The molecule has 0 saturated carbocycles. The van der Waals surface area contributed by atoms with Gasteiger partial charge >= 0.3 is 0 Å². The minimum atomic E-state index is 0.603. The molecule has 1 aliphatic rings. The second kappa shape index (κ2) is 5.38. The zero-order valence-electron chi connectivity index (χ0n) is 12.0. The first-order chi connectivity index (χ1) is 9.24. The number of hydrogen-bond acceptors (Lipinski definition) is 1. The van der Waals surface area contributed by atoms with Crippen LogP contribution in [0.4, 0.5) is 0 Å². The van der Waals surface area contributed by atoms with Gasteiger partial charge in [0.25, 0.3) is 0 Å². The van der Waals surface area contributed by atoms with Crippen LogP contribution in [0.5, 0.6) is 0 Å². The van der Waals surface area contributed by atoms with E-state index in [1.807, 2.05) is 0 Å². The summed E-state index contributed by atoms with van der Waals surface area (Å²) in [5.74, 6) is 1.45. The minimum absolute atomic E-state index is 0.603. The zero-order valence-corrected chi connectivity index (χ0v) is 12.0. The van der Waals surface area contributed by atoms with E-state index in [1.165, 1.54) is 54.4 Å². The van der Waals surface area contributed by atoms with Gasteiger partial charge in [0.05, 0.1) is 0 Å². The van der Waals surface area contributed by atoms with Crippen LogP contribution in [0, 0.1) is 5.92 Å². The molecular weight excluding hydrogens is 232 g/mol. The number of aromatic amines is 1. The molecule has 19 heavy (non-hydrogen) atoms. The third-order valence-electron chi connectivity index (χ3n) is 4.43. The Morgan fingerprint density at radius 1 is 1.21 bits per heavy atom. The van der Waals surface area contributed by atoms with Crippen LogP contribution < -0.4 is 5.32 Å². The second-order valence-corrected chi connectivity index (χ2v) is 6.17. The molecule has 2 aromatic rings. The van der Waals surface area contributed by atoms with E-state index >= 15 is 0 Å². The number of H-pyrrole nitrogens is 1. The Morgan fingerprint density at radius 2 is 2.00 bits per heavy atom. The lowest BCUT2D eigenvalue weighted by Gasteiger charge is -2.22. The quantitative estimate of drug-likeness (QED) is 0.858. The van der Waals surface area contributed by atoms with Crippen molar-refractivity contribution >= 4 is 10.9 Å². The molecule has 0 bridgehead atoms. The fourth-order valence-electron chi connectivity index (χ4n) is 3.12. The first-order valence-corrected chi connectivity index (χ1v) is 7.54. The molecule has 2 heteroatoms. The molecule has 0 unspecified atom stereocenters. The summed E-state index contributed by atoms with van der Waals surface area (Å²) in [4.78, 5) is 3.43. The Kier molecular flexibility index (Phi) is 3.61. The summed E-state index contributed by atoms with van der Waals surface area (Å²) in [5, 5.41) is 4.88. The first-order valence-electron chi connectivity index (χ1n) is 7.54. The SMILES string of the molecule is CC(C)c1ccc2[nH]cc(CC3CCNCC3)c2c1. The molecule has 1 aliphatic heterocycles. The lowest BCUT2D eigenvalue weighted by atomic mass is 9.90. The first kappa shape index (κ1) is 12.7. The van der Waals surface area contributed by atoms with Gasteiger partial charge in [0.1, 0.15) is 0 Å². The van der Waals surface area contributed by atoms with Gasteiger partial charge in [-0.15, -0.1) is 0 Å². The van der Waals surface area contributed by atoms with Gasteiger partial charge in [-0.3, -0.25) is 0 Å². The van der Waals surface area contributed by atoms with Crippen LogP contribution in [0.15, 0.2) is 24.4 Å². The monoisotopic (exact) mass is 256 g/mol. The number of piperidine rings is 1. The van der Waals surface area contributed by atoms with Crippen molar-refractivity contribution in [1.29, 1.82) is 0 Å². The average molecular weight is 256 g/mol. The summed E-state index contributed by atoms with van der Waals surface area (Å²) in [6, 6.07) is 6.86. The van der Waals surface area contributed by atoms with Crippen LogP contribution in [0.25, 0.3) is 10.9 Å². The minimum Gasteiger partial charge on any atom is -0.361 e. The van der Waals surface area contributed by atoms with Crippen molar-refractivity contribution in [3.8, 4) is 0 Å². The van der Waals surface area contributed by atoms with Gasteiger partial charge in [-0.05, 0) is 67.4 Å². The van der Waals surface area contributed by atoms with Crippen LogP contribution in [0.2, 0.25) is 0 Å². The van der Waals surface area contributed by atoms with E-state index < -0.39 is 0 Å². The number of rotatable bonds is 3. The molecule has 2 heterocycles. The predicted octanol–water partition coefficient (Wildman–Crippen LogP) is 3.83. The fourth-order valence-corrected chi connectivity index (χ4v) is 3.12. The Hall–Kier alpha value is -1.28. The van der Waals surface area contributed by atoms with Gasteiger partial charge in [-0.1, -0.05) is 19.9 Å². The van der Waals surface area contributed by atoms with Gasteiger partial charge < -0.3 is 10.3 Å². The average Bonchev–Trinajstić information content (AvgIpc) is 2.82. The largest absolute Gasteiger partial charge is 0.361 e. The maximum Gasteiger partial charge on any atom is 0.0456 e.